The van der Waals surface area contributed by atoms with Gasteiger partial charge in [-0.3, -0.25) is 4.68 Å². The van der Waals surface area contributed by atoms with Crippen molar-refractivity contribution in [2.75, 3.05) is 13.1 Å². The predicted octanol–water partition coefficient (Wildman–Crippen LogP) is 2.68. The molecule has 0 fully saturated rings. The van der Waals surface area contributed by atoms with Crippen LogP contribution in [0.4, 0.5) is 0 Å². The molecule has 0 saturated carbocycles. The number of halogens is 1. The van der Waals surface area contributed by atoms with Crippen molar-refractivity contribution >= 4 is 15.9 Å². The first-order valence-electron chi connectivity index (χ1n) is 6.42. The molecule has 0 aliphatic heterocycles. The van der Waals surface area contributed by atoms with E-state index in [1.165, 1.54) is 0 Å². The standard InChI is InChI=1S/C13H24BrN3O/c1-9(2)6-15-8-13(5,18)12-11(14)7-16-17(12)10(3)4/h7,9-10,15,18H,6,8H2,1-5H3. The van der Waals surface area contributed by atoms with Crippen molar-refractivity contribution in [3.8, 4) is 0 Å². The van der Waals surface area contributed by atoms with Gasteiger partial charge in [0.05, 0.1) is 16.4 Å². The highest BCUT2D eigenvalue weighted by Crippen LogP contribution is 2.29. The van der Waals surface area contributed by atoms with Gasteiger partial charge in [0.15, 0.2) is 0 Å². The van der Waals surface area contributed by atoms with Gasteiger partial charge in [-0.25, -0.2) is 0 Å². The van der Waals surface area contributed by atoms with Gasteiger partial charge in [0.25, 0.3) is 0 Å². The van der Waals surface area contributed by atoms with Crippen LogP contribution < -0.4 is 5.32 Å². The van der Waals surface area contributed by atoms with Gasteiger partial charge in [-0.1, -0.05) is 13.8 Å². The Hall–Kier alpha value is -0.390. The first kappa shape index (κ1) is 15.7. The van der Waals surface area contributed by atoms with E-state index < -0.39 is 5.60 Å². The zero-order chi connectivity index (χ0) is 13.9. The number of hydrogen-bond donors (Lipinski definition) is 2. The minimum atomic E-state index is -0.936. The van der Waals surface area contributed by atoms with Gasteiger partial charge >= 0.3 is 0 Å². The smallest absolute Gasteiger partial charge is 0.117 e. The van der Waals surface area contributed by atoms with E-state index in [0.717, 1.165) is 16.7 Å². The monoisotopic (exact) mass is 317 g/mol. The van der Waals surface area contributed by atoms with E-state index >= 15 is 0 Å². The zero-order valence-corrected chi connectivity index (χ0v) is 13.5. The van der Waals surface area contributed by atoms with Crippen molar-refractivity contribution in [3.63, 3.8) is 0 Å². The Morgan fingerprint density at radius 2 is 2.06 bits per heavy atom. The number of nitrogens with zero attached hydrogens (tertiary/aromatic N) is 2. The fourth-order valence-corrected chi connectivity index (χ4v) is 2.63. The molecule has 1 unspecified atom stereocenters. The molecule has 2 N–H and O–H groups in total. The molecule has 1 atom stereocenters. The Labute approximate surface area is 118 Å². The van der Waals surface area contributed by atoms with Crippen LogP contribution in [-0.4, -0.2) is 28.0 Å². The van der Waals surface area contributed by atoms with Crippen LogP contribution in [0.1, 0.15) is 46.4 Å². The molecule has 0 radical (unpaired) electrons. The molecule has 0 saturated heterocycles. The third-order valence-electron chi connectivity index (χ3n) is 2.77. The summed E-state index contributed by atoms with van der Waals surface area (Å²) in [4.78, 5) is 0. The van der Waals surface area contributed by atoms with Crippen LogP contribution in [0.25, 0.3) is 0 Å². The van der Waals surface area contributed by atoms with Crippen molar-refractivity contribution in [1.82, 2.24) is 15.1 Å². The molecule has 1 heterocycles. The lowest BCUT2D eigenvalue weighted by Gasteiger charge is -2.27. The fourth-order valence-electron chi connectivity index (χ4n) is 1.92. The molecule has 104 valence electrons. The fraction of sp³-hybridized carbons (Fsp3) is 0.769. The highest BCUT2D eigenvalue weighted by molar-refractivity contribution is 9.10. The van der Waals surface area contributed by atoms with Crippen molar-refractivity contribution in [1.29, 1.82) is 0 Å². The molecule has 0 aliphatic rings. The first-order chi connectivity index (χ1) is 8.25. The van der Waals surface area contributed by atoms with E-state index in [-0.39, 0.29) is 6.04 Å². The highest BCUT2D eigenvalue weighted by atomic mass is 79.9. The Morgan fingerprint density at radius 3 is 2.56 bits per heavy atom. The van der Waals surface area contributed by atoms with Crippen molar-refractivity contribution in [2.45, 2.75) is 46.3 Å². The van der Waals surface area contributed by atoms with E-state index in [9.17, 15) is 5.11 Å². The maximum absolute atomic E-state index is 10.6. The summed E-state index contributed by atoms with van der Waals surface area (Å²) in [7, 11) is 0. The Kier molecular flexibility index (Phi) is 5.37. The summed E-state index contributed by atoms with van der Waals surface area (Å²) >= 11 is 3.47. The van der Waals surface area contributed by atoms with Crippen LogP contribution in [0.3, 0.4) is 0 Å². The molecule has 1 rings (SSSR count). The second-order valence-corrected chi connectivity index (χ2v) is 6.53. The first-order valence-corrected chi connectivity index (χ1v) is 7.21. The number of aromatic nitrogens is 2. The summed E-state index contributed by atoms with van der Waals surface area (Å²) in [5.74, 6) is 0.569. The zero-order valence-electron chi connectivity index (χ0n) is 11.9. The molecular formula is C13H24BrN3O. The minimum Gasteiger partial charge on any atom is -0.382 e. The van der Waals surface area contributed by atoms with E-state index in [4.69, 9.17) is 0 Å². The molecule has 5 heteroatoms. The average molecular weight is 318 g/mol. The molecule has 18 heavy (non-hydrogen) atoms. The molecule has 0 aliphatic carbocycles. The van der Waals surface area contributed by atoms with Gasteiger partial charge in [0, 0.05) is 12.6 Å². The lowest BCUT2D eigenvalue weighted by Crippen LogP contribution is -2.39. The predicted molar refractivity (Wildman–Crippen MR) is 77.6 cm³/mol. The highest BCUT2D eigenvalue weighted by Gasteiger charge is 2.30. The van der Waals surface area contributed by atoms with E-state index in [1.54, 1.807) is 6.20 Å². The van der Waals surface area contributed by atoms with Crippen LogP contribution in [-0.2, 0) is 5.60 Å². The summed E-state index contributed by atoms with van der Waals surface area (Å²) in [6.45, 7) is 11.6. The summed E-state index contributed by atoms with van der Waals surface area (Å²) < 4.78 is 2.72. The second-order valence-electron chi connectivity index (χ2n) is 5.68. The van der Waals surface area contributed by atoms with Gasteiger partial charge in [-0.15, -0.1) is 0 Å². The summed E-state index contributed by atoms with van der Waals surface area (Å²) in [5.41, 5.74) is -0.108. The Balaban J connectivity index is 2.86. The molecular weight excluding hydrogens is 294 g/mol. The van der Waals surface area contributed by atoms with E-state index in [2.05, 4.69) is 54.0 Å². The topological polar surface area (TPSA) is 50.1 Å². The molecule has 0 aromatic carbocycles. The van der Waals surface area contributed by atoms with Crippen LogP contribution in [0, 0.1) is 5.92 Å². The lowest BCUT2D eigenvalue weighted by atomic mass is 10.0. The van der Waals surface area contributed by atoms with Crippen molar-refractivity contribution < 1.29 is 5.11 Å². The van der Waals surface area contributed by atoms with Crippen LogP contribution >= 0.6 is 15.9 Å². The van der Waals surface area contributed by atoms with Crippen molar-refractivity contribution in [2.24, 2.45) is 5.92 Å². The quantitative estimate of drug-likeness (QED) is 0.848. The van der Waals surface area contributed by atoms with E-state index in [1.807, 2.05) is 11.6 Å². The van der Waals surface area contributed by atoms with Crippen LogP contribution in [0.5, 0.6) is 0 Å². The maximum Gasteiger partial charge on any atom is 0.117 e. The molecule has 0 amide bonds. The van der Waals surface area contributed by atoms with Gasteiger partial charge in [-0.05, 0) is 49.2 Å². The number of aliphatic hydroxyl groups is 1. The SMILES string of the molecule is CC(C)CNCC(C)(O)c1c(Br)cnn1C(C)C. The molecule has 0 bridgehead atoms. The largest absolute Gasteiger partial charge is 0.382 e. The van der Waals surface area contributed by atoms with Crippen LogP contribution in [0.2, 0.25) is 0 Å². The third-order valence-corrected chi connectivity index (χ3v) is 3.35. The maximum atomic E-state index is 10.6. The van der Waals surface area contributed by atoms with Gasteiger partial charge in [-0.2, -0.15) is 5.10 Å². The summed E-state index contributed by atoms with van der Waals surface area (Å²) in [6.07, 6.45) is 1.74. The van der Waals surface area contributed by atoms with Gasteiger partial charge < -0.3 is 10.4 Å². The van der Waals surface area contributed by atoms with Crippen molar-refractivity contribution in [3.05, 3.63) is 16.4 Å². The lowest BCUT2D eigenvalue weighted by molar-refractivity contribution is 0.0449. The number of hydrogen-bond acceptors (Lipinski definition) is 3. The third kappa shape index (κ3) is 3.80. The summed E-state index contributed by atoms with van der Waals surface area (Å²) in [5, 5.41) is 18.2. The molecule has 4 nitrogen and oxygen atoms in total. The number of nitrogens with one attached hydrogen (secondary N) is 1. The summed E-state index contributed by atoms with van der Waals surface area (Å²) in [6, 6.07) is 0.225. The molecule has 0 spiro atoms. The molecule has 1 aromatic rings. The van der Waals surface area contributed by atoms with Crippen LogP contribution in [0.15, 0.2) is 10.7 Å². The second kappa shape index (κ2) is 6.17. The normalized spacial score (nSPS) is 15.4. The average Bonchev–Trinajstić information content (AvgIpc) is 2.59. The minimum absolute atomic E-state index is 0.225. The van der Waals surface area contributed by atoms with E-state index in [0.29, 0.717) is 12.5 Å². The Bertz CT molecular complexity index is 386. The van der Waals surface area contributed by atoms with Gasteiger partial charge in [0.1, 0.15) is 5.60 Å². The van der Waals surface area contributed by atoms with Gasteiger partial charge in [0.2, 0.25) is 0 Å². The Morgan fingerprint density at radius 1 is 1.44 bits per heavy atom. The number of rotatable bonds is 6. The molecule has 1 aromatic heterocycles.